The van der Waals surface area contributed by atoms with Gasteiger partial charge in [-0.25, -0.2) is 4.39 Å². The Morgan fingerprint density at radius 1 is 1.44 bits per heavy atom. The average molecular weight is 263 g/mol. The molecule has 1 aromatic carbocycles. The number of aromatic hydroxyl groups is 1. The van der Waals surface area contributed by atoms with Crippen LogP contribution >= 0.6 is 0 Å². The van der Waals surface area contributed by atoms with Gasteiger partial charge in [0.1, 0.15) is 0 Å². The van der Waals surface area contributed by atoms with E-state index in [0.29, 0.717) is 17.7 Å². The van der Waals surface area contributed by atoms with Gasteiger partial charge in [-0.2, -0.15) is 13.2 Å². The van der Waals surface area contributed by atoms with Crippen LogP contribution in [0.4, 0.5) is 17.6 Å². The number of benzene rings is 1. The number of nitrogens with two attached hydrogens (primary N) is 1. The van der Waals surface area contributed by atoms with Crippen molar-refractivity contribution in [2.24, 2.45) is 5.73 Å². The molecule has 1 aromatic rings. The Morgan fingerprint density at radius 3 is 2.44 bits per heavy atom. The van der Waals surface area contributed by atoms with Gasteiger partial charge in [-0.3, -0.25) is 0 Å². The second kappa shape index (κ2) is 4.97. The quantitative estimate of drug-likeness (QED) is 0.647. The highest BCUT2D eigenvalue weighted by molar-refractivity contribution is 5.44. The van der Waals surface area contributed by atoms with Crippen molar-refractivity contribution in [3.8, 4) is 5.75 Å². The largest absolute Gasteiger partial charge is 0.505 e. The first-order chi connectivity index (χ1) is 8.14. The van der Waals surface area contributed by atoms with Crippen molar-refractivity contribution in [2.75, 3.05) is 0 Å². The molecule has 0 heterocycles. The zero-order chi connectivity index (χ0) is 14.1. The molecule has 0 spiro atoms. The molecule has 0 radical (unpaired) electrons. The first-order valence-electron chi connectivity index (χ1n) is 5.13. The highest BCUT2D eigenvalue weighted by Gasteiger charge is 2.36. The molecule has 6 heteroatoms. The lowest BCUT2D eigenvalue weighted by Gasteiger charge is -2.20. The molecule has 0 unspecified atom stereocenters. The molecular formula is C12H13F4NO. The molecular weight excluding hydrogens is 250 g/mol. The molecule has 0 amide bonds. The van der Waals surface area contributed by atoms with Crippen molar-refractivity contribution in [3.63, 3.8) is 0 Å². The summed E-state index contributed by atoms with van der Waals surface area (Å²) in [6, 6.07) is -0.0209. The minimum absolute atomic E-state index is 0.0279. The van der Waals surface area contributed by atoms with Crippen LogP contribution in [0.2, 0.25) is 0 Å². The SMILES string of the molecule is C=C(C)C[C@H](N)c1c(C(F)(F)F)ccc(F)c1O. The standard InChI is InChI=1S/C12H13F4NO/c1-6(2)5-9(17)10-7(12(14,15)16)3-4-8(13)11(10)18/h3-4,9,18H,1,5,17H2,2H3/t9-/m0/s1. The van der Waals surface area contributed by atoms with Crippen LogP contribution in [0.1, 0.15) is 30.5 Å². The summed E-state index contributed by atoms with van der Waals surface area (Å²) in [5.74, 6) is -2.19. The third-order valence-electron chi connectivity index (χ3n) is 2.41. The van der Waals surface area contributed by atoms with E-state index in [1.54, 1.807) is 6.92 Å². The molecule has 1 atom stereocenters. The predicted octanol–water partition coefficient (Wildman–Crippen LogP) is 3.52. The number of alkyl halides is 3. The third kappa shape index (κ3) is 3.01. The van der Waals surface area contributed by atoms with Crippen LogP contribution in [-0.2, 0) is 6.18 Å². The van der Waals surface area contributed by atoms with Crippen LogP contribution in [0.3, 0.4) is 0 Å². The molecule has 0 aliphatic heterocycles. The molecule has 0 bridgehead atoms. The number of phenolic OH excluding ortho intramolecular Hbond substituents is 1. The summed E-state index contributed by atoms with van der Waals surface area (Å²) in [6.45, 7) is 5.11. The molecule has 0 saturated heterocycles. The number of halogens is 4. The topological polar surface area (TPSA) is 46.2 Å². The van der Waals surface area contributed by atoms with Gasteiger partial charge in [0.2, 0.25) is 0 Å². The van der Waals surface area contributed by atoms with E-state index in [2.05, 4.69) is 6.58 Å². The van der Waals surface area contributed by atoms with Crippen LogP contribution in [0, 0.1) is 5.82 Å². The predicted molar refractivity (Wildman–Crippen MR) is 59.4 cm³/mol. The van der Waals surface area contributed by atoms with Gasteiger partial charge in [0.05, 0.1) is 5.56 Å². The van der Waals surface area contributed by atoms with Crippen molar-refractivity contribution in [2.45, 2.75) is 25.6 Å². The molecule has 0 aliphatic carbocycles. The van der Waals surface area contributed by atoms with Crippen molar-refractivity contribution in [1.29, 1.82) is 0 Å². The average Bonchev–Trinajstić information content (AvgIpc) is 2.18. The summed E-state index contributed by atoms with van der Waals surface area (Å²) in [4.78, 5) is 0. The highest BCUT2D eigenvalue weighted by atomic mass is 19.4. The van der Waals surface area contributed by atoms with Crippen LogP contribution in [0.5, 0.6) is 5.75 Å². The van der Waals surface area contributed by atoms with Crippen molar-refractivity contribution < 1.29 is 22.7 Å². The van der Waals surface area contributed by atoms with E-state index in [0.717, 1.165) is 0 Å². The summed E-state index contributed by atoms with van der Waals surface area (Å²) in [5.41, 5.74) is 4.35. The van der Waals surface area contributed by atoms with Gasteiger partial charge in [-0.05, 0) is 25.5 Å². The first-order valence-corrected chi connectivity index (χ1v) is 5.13. The van der Waals surface area contributed by atoms with Gasteiger partial charge >= 0.3 is 6.18 Å². The highest BCUT2D eigenvalue weighted by Crippen LogP contribution is 2.40. The second-order valence-electron chi connectivity index (χ2n) is 4.12. The van der Waals surface area contributed by atoms with Gasteiger partial charge in [-0.1, -0.05) is 5.57 Å². The summed E-state index contributed by atoms with van der Waals surface area (Å²) < 4.78 is 51.4. The van der Waals surface area contributed by atoms with Crippen LogP contribution < -0.4 is 5.73 Å². The van der Waals surface area contributed by atoms with E-state index in [4.69, 9.17) is 5.73 Å². The Balaban J connectivity index is 3.38. The molecule has 1 rings (SSSR count). The molecule has 100 valence electrons. The molecule has 0 aromatic heterocycles. The van der Waals surface area contributed by atoms with Crippen LogP contribution in [0.25, 0.3) is 0 Å². The lowest BCUT2D eigenvalue weighted by Crippen LogP contribution is -2.18. The maximum Gasteiger partial charge on any atom is 0.416 e. The second-order valence-corrected chi connectivity index (χ2v) is 4.12. The van der Waals surface area contributed by atoms with E-state index in [9.17, 15) is 22.7 Å². The molecule has 0 fully saturated rings. The number of hydrogen-bond acceptors (Lipinski definition) is 2. The smallest absolute Gasteiger partial charge is 0.416 e. The van der Waals surface area contributed by atoms with E-state index < -0.39 is 34.9 Å². The Hall–Kier alpha value is -1.56. The number of rotatable bonds is 3. The van der Waals surface area contributed by atoms with E-state index in [1.807, 2.05) is 0 Å². The zero-order valence-corrected chi connectivity index (χ0v) is 9.68. The van der Waals surface area contributed by atoms with Gasteiger partial charge in [0.15, 0.2) is 11.6 Å². The van der Waals surface area contributed by atoms with Crippen molar-refractivity contribution in [3.05, 3.63) is 41.2 Å². The third-order valence-corrected chi connectivity index (χ3v) is 2.41. The van der Waals surface area contributed by atoms with Gasteiger partial charge in [-0.15, -0.1) is 6.58 Å². The van der Waals surface area contributed by atoms with Gasteiger partial charge < -0.3 is 10.8 Å². The molecule has 18 heavy (non-hydrogen) atoms. The number of hydrogen-bond donors (Lipinski definition) is 2. The molecule has 0 saturated carbocycles. The minimum atomic E-state index is -4.70. The zero-order valence-electron chi connectivity index (χ0n) is 9.68. The lowest BCUT2D eigenvalue weighted by atomic mass is 9.94. The lowest BCUT2D eigenvalue weighted by molar-refractivity contribution is -0.138. The van der Waals surface area contributed by atoms with Crippen molar-refractivity contribution >= 4 is 0 Å². The minimum Gasteiger partial charge on any atom is -0.505 e. The molecule has 3 N–H and O–H groups in total. The molecule has 0 aliphatic rings. The summed E-state index contributed by atoms with van der Waals surface area (Å²) in [7, 11) is 0. The monoisotopic (exact) mass is 263 g/mol. The Kier molecular flexibility index (Phi) is 4.01. The van der Waals surface area contributed by atoms with Crippen LogP contribution in [-0.4, -0.2) is 5.11 Å². The Labute approximate surface area is 102 Å². The first kappa shape index (κ1) is 14.5. The summed E-state index contributed by atoms with van der Waals surface area (Å²) in [5, 5.41) is 9.44. The van der Waals surface area contributed by atoms with Gasteiger partial charge in [0, 0.05) is 11.6 Å². The van der Waals surface area contributed by atoms with Gasteiger partial charge in [0.25, 0.3) is 0 Å². The Bertz CT molecular complexity index is 468. The molecule has 2 nitrogen and oxygen atoms in total. The number of phenols is 1. The maximum atomic E-state index is 13.1. The van der Waals surface area contributed by atoms with E-state index in [1.165, 1.54) is 0 Å². The summed E-state index contributed by atoms with van der Waals surface area (Å²) in [6.07, 6.45) is -4.67. The van der Waals surface area contributed by atoms with Crippen LogP contribution in [0.15, 0.2) is 24.3 Å². The fraction of sp³-hybridized carbons (Fsp3) is 0.333. The van der Waals surface area contributed by atoms with Crippen molar-refractivity contribution in [1.82, 2.24) is 0 Å². The maximum absolute atomic E-state index is 13.1. The summed E-state index contributed by atoms with van der Waals surface area (Å²) >= 11 is 0. The van der Waals surface area contributed by atoms with E-state index >= 15 is 0 Å². The van der Waals surface area contributed by atoms with E-state index in [-0.39, 0.29) is 6.42 Å². The fourth-order valence-electron chi connectivity index (χ4n) is 1.68. The fourth-order valence-corrected chi connectivity index (χ4v) is 1.68. The Morgan fingerprint density at radius 2 is 2.00 bits per heavy atom. The normalized spacial score (nSPS) is 13.4.